The van der Waals surface area contributed by atoms with Gasteiger partial charge in [-0.2, -0.15) is 0 Å². The van der Waals surface area contributed by atoms with Crippen LogP contribution in [0.4, 0.5) is 10.5 Å². The zero-order valence-electron chi connectivity index (χ0n) is 19.0. The van der Waals surface area contributed by atoms with Gasteiger partial charge < -0.3 is 25.4 Å². The number of anilines is 1. The number of carbonyl (C=O) groups excluding carboxylic acids is 3. The van der Waals surface area contributed by atoms with Crippen LogP contribution in [0.5, 0.6) is 5.75 Å². The molecule has 0 spiro atoms. The van der Waals surface area contributed by atoms with Crippen LogP contribution in [-0.4, -0.2) is 37.2 Å². The third kappa shape index (κ3) is 9.07. The van der Waals surface area contributed by atoms with Crippen LogP contribution >= 0.6 is 0 Å². The van der Waals surface area contributed by atoms with Crippen LogP contribution < -0.4 is 20.7 Å². The lowest BCUT2D eigenvalue weighted by Gasteiger charge is -2.19. The van der Waals surface area contributed by atoms with Crippen molar-refractivity contribution in [1.29, 1.82) is 0 Å². The van der Waals surface area contributed by atoms with Gasteiger partial charge in [-0.15, -0.1) is 0 Å². The Morgan fingerprint density at radius 3 is 2.25 bits per heavy atom. The van der Waals surface area contributed by atoms with E-state index < -0.39 is 11.7 Å². The lowest BCUT2D eigenvalue weighted by Crippen LogP contribution is -2.37. The molecule has 0 fully saturated rings. The predicted octanol–water partition coefficient (Wildman–Crippen LogP) is 3.41. The topological polar surface area (TPSA) is 106 Å². The van der Waals surface area contributed by atoms with Crippen LogP contribution in [0.1, 0.15) is 38.3 Å². The smallest absolute Gasteiger partial charge is 0.408 e. The van der Waals surface area contributed by atoms with Gasteiger partial charge in [-0.05, 0) is 56.5 Å². The Morgan fingerprint density at radius 2 is 1.59 bits per heavy atom. The van der Waals surface area contributed by atoms with Crippen molar-refractivity contribution in [2.75, 3.05) is 19.0 Å². The first-order valence-corrected chi connectivity index (χ1v) is 10.4. The van der Waals surface area contributed by atoms with E-state index in [1.54, 1.807) is 40.0 Å². The Kier molecular flexibility index (Phi) is 9.07. The molecule has 0 saturated heterocycles. The van der Waals surface area contributed by atoms with Gasteiger partial charge in [0.25, 0.3) is 0 Å². The first-order valence-electron chi connectivity index (χ1n) is 10.4. The first kappa shape index (κ1) is 24.7. The predicted molar refractivity (Wildman–Crippen MR) is 122 cm³/mol. The minimum atomic E-state index is -0.649. The molecule has 0 radical (unpaired) electrons. The summed E-state index contributed by atoms with van der Waals surface area (Å²) in [7, 11) is 1.61. The fourth-order valence-corrected chi connectivity index (χ4v) is 2.82. The Bertz CT molecular complexity index is 920. The molecule has 0 atom stereocenters. The summed E-state index contributed by atoms with van der Waals surface area (Å²) < 4.78 is 10.4. The van der Waals surface area contributed by atoms with Crippen molar-refractivity contribution in [2.45, 2.75) is 45.8 Å². The summed E-state index contributed by atoms with van der Waals surface area (Å²) in [6.45, 7) is 5.43. The van der Waals surface area contributed by atoms with Crippen molar-refractivity contribution in [1.82, 2.24) is 10.6 Å². The maximum absolute atomic E-state index is 12.2. The summed E-state index contributed by atoms with van der Waals surface area (Å²) in [5.41, 5.74) is 1.86. The van der Waals surface area contributed by atoms with Gasteiger partial charge in [0.15, 0.2) is 0 Å². The average Bonchev–Trinajstić information content (AvgIpc) is 2.75. The van der Waals surface area contributed by atoms with Crippen molar-refractivity contribution in [3.8, 4) is 5.75 Å². The molecule has 3 N–H and O–H groups in total. The van der Waals surface area contributed by atoms with E-state index in [-0.39, 0.29) is 18.4 Å². The van der Waals surface area contributed by atoms with Crippen LogP contribution in [-0.2, 0) is 27.3 Å². The summed E-state index contributed by atoms with van der Waals surface area (Å²) in [5, 5.41) is 7.99. The molecule has 0 saturated carbocycles. The second-order valence-electron chi connectivity index (χ2n) is 8.19. The molecule has 0 aromatic heterocycles. The van der Waals surface area contributed by atoms with Crippen molar-refractivity contribution in [3.63, 3.8) is 0 Å². The van der Waals surface area contributed by atoms with Crippen LogP contribution in [0.2, 0.25) is 0 Å². The van der Waals surface area contributed by atoms with Gasteiger partial charge in [0.1, 0.15) is 17.9 Å². The number of benzene rings is 2. The van der Waals surface area contributed by atoms with E-state index in [0.29, 0.717) is 25.1 Å². The van der Waals surface area contributed by atoms with Gasteiger partial charge in [0.05, 0.1) is 7.11 Å². The molecule has 2 rings (SSSR count). The van der Waals surface area contributed by atoms with Crippen molar-refractivity contribution in [3.05, 3.63) is 59.7 Å². The molecule has 172 valence electrons. The van der Waals surface area contributed by atoms with E-state index in [1.807, 2.05) is 36.4 Å². The molecule has 0 unspecified atom stereocenters. The summed E-state index contributed by atoms with van der Waals surface area (Å²) in [6.07, 6.45) is 0.307. The third-order valence-corrected chi connectivity index (χ3v) is 4.33. The van der Waals surface area contributed by atoms with Gasteiger partial charge in [-0.25, -0.2) is 4.79 Å². The number of nitrogens with one attached hydrogen (secondary N) is 3. The van der Waals surface area contributed by atoms with E-state index in [1.165, 1.54) is 0 Å². The van der Waals surface area contributed by atoms with E-state index in [0.717, 1.165) is 16.9 Å². The molecule has 8 heteroatoms. The monoisotopic (exact) mass is 441 g/mol. The van der Waals surface area contributed by atoms with Gasteiger partial charge in [-0.3, -0.25) is 9.59 Å². The number of hydrogen-bond acceptors (Lipinski definition) is 5. The number of alkyl carbamates (subject to hydrolysis) is 1. The molecule has 3 amide bonds. The standard InChI is InChI=1S/C24H31N3O5/c1-24(2,3)32-23(30)26-16-22(29)27-19-12-9-17(10-13-19)15-25-21(28)14-11-18-7-5-6-8-20(18)31-4/h5-10,12-13H,11,14-16H2,1-4H3,(H,25,28)(H,26,30)(H,27,29). The Labute approximate surface area is 188 Å². The second kappa shape index (κ2) is 11.7. The molecule has 32 heavy (non-hydrogen) atoms. The van der Waals surface area contributed by atoms with Crippen molar-refractivity contribution >= 4 is 23.6 Å². The highest BCUT2D eigenvalue weighted by molar-refractivity contribution is 5.93. The van der Waals surface area contributed by atoms with E-state index in [2.05, 4.69) is 16.0 Å². The molecular weight excluding hydrogens is 410 g/mol. The number of carbonyl (C=O) groups is 3. The lowest BCUT2D eigenvalue weighted by molar-refractivity contribution is -0.121. The molecule has 2 aromatic carbocycles. The van der Waals surface area contributed by atoms with E-state index >= 15 is 0 Å². The van der Waals surface area contributed by atoms with E-state index in [9.17, 15) is 14.4 Å². The average molecular weight is 442 g/mol. The number of rotatable bonds is 9. The molecular formula is C24H31N3O5. The van der Waals surface area contributed by atoms with Gasteiger partial charge >= 0.3 is 6.09 Å². The quantitative estimate of drug-likeness (QED) is 0.553. The first-order chi connectivity index (χ1) is 15.2. The lowest BCUT2D eigenvalue weighted by atomic mass is 10.1. The van der Waals surface area contributed by atoms with Crippen LogP contribution in [0.15, 0.2) is 48.5 Å². The zero-order valence-corrected chi connectivity index (χ0v) is 19.0. The number of hydrogen-bond donors (Lipinski definition) is 3. The number of para-hydroxylation sites is 1. The number of methoxy groups -OCH3 is 1. The highest BCUT2D eigenvalue weighted by Crippen LogP contribution is 2.18. The minimum absolute atomic E-state index is 0.0542. The highest BCUT2D eigenvalue weighted by atomic mass is 16.6. The Hall–Kier alpha value is -3.55. The molecule has 2 aromatic rings. The highest BCUT2D eigenvalue weighted by Gasteiger charge is 2.16. The maximum Gasteiger partial charge on any atom is 0.408 e. The van der Waals surface area contributed by atoms with Crippen LogP contribution in [0.3, 0.4) is 0 Å². The molecule has 0 heterocycles. The Morgan fingerprint density at radius 1 is 0.906 bits per heavy atom. The minimum Gasteiger partial charge on any atom is -0.496 e. The summed E-state index contributed by atoms with van der Waals surface area (Å²) in [5.74, 6) is 0.356. The largest absolute Gasteiger partial charge is 0.496 e. The fourth-order valence-electron chi connectivity index (χ4n) is 2.82. The summed E-state index contributed by atoms with van der Waals surface area (Å²) >= 11 is 0. The van der Waals surface area contributed by atoms with E-state index in [4.69, 9.17) is 9.47 Å². The van der Waals surface area contributed by atoms with Gasteiger partial charge in [0.2, 0.25) is 11.8 Å². The van der Waals surface area contributed by atoms with Crippen molar-refractivity contribution < 1.29 is 23.9 Å². The second-order valence-corrected chi connectivity index (χ2v) is 8.19. The molecule has 0 aliphatic heterocycles. The normalized spacial score (nSPS) is 10.8. The SMILES string of the molecule is COc1ccccc1CCC(=O)NCc1ccc(NC(=O)CNC(=O)OC(C)(C)C)cc1. The molecule has 8 nitrogen and oxygen atoms in total. The maximum atomic E-state index is 12.2. The van der Waals surface area contributed by atoms with Crippen molar-refractivity contribution in [2.24, 2.45) is 0 Å². The third-order valence-electron chi connectivity index (χ3n) is 4.33. The van der Waals surface area contributed by atoms with Gasteiger partial charge in [0, 0.05) is 18.7 Å². The van der Waals surface area contributed by atoms with Crippen LogP contribution in [0.25, 0.3) is 0 Å². The molecule has 0 aliphatic rings. The summed E-state index contributed by atoms with van der Waals surface area (Å²) in [4.78, 5) is 35.7. The Balaban J connectivity index is 1.72. The zero-order chi connectivity index (χ0) is 23.6. The fraction of sp³-hybridized carbons (Fsp3) is 0.375. The molecule has 0 aliphatic carbocycles. The molecule has 0 bridgehead atoms. The number of amides is 3. The number of ether oxygens (including phenoxy) is 2. The number of aryl methyl sites for hydroxylation is 1. The summed E-state index contributed by atoms with van der Waals surface area (Å²) in [6, 6.07) is 14.7. The van der Waals surface area contributed by atoms with Gasteiger partial charge in [-0.1, -0.05) is 30.3 Å². The van der Waals surface area contributed by atoms with Crippen LogP contribution in [0, 0.1) is 0 Å².